The number of hydrogen-bond donors (Lipinski definition) is 2. The summed E-state index contributed by atoms with van der Waals surface area (Å²) < 4.78 is 0. The maximum absolute atomic E-state index is 12.3. The molecule has 2 N–H and O–H groups in total. The molecule has 0 aliphatic rings. The second-order valence-corrected chi connectivity index (χ2v) is 4.55. The van der Waals surface area contributed by atoms with E-state index < -0.39 is 0 Å². The summed E-state index contributed by atoms with van der Waals surface area (Å²) in [5.41, 5.74) is 2.80. The fraction of sp³-hybridized carbons (Fsp3) is 0.250. The molecule has 1 amide bonds. The zero-order valence-corrected chi connectivity index (χ0v) is 11.6. The van der Waals surface area contributed by atoms with Crippen LogP contribution < -0.4 is 10.6 Å². The van der Waals surface area contributed by atoms with Crippen molar-refractivity contribution in [3.05, 3.63) is 65.5 Å². The highest BCUT2D eigenvalue weighted by Gasteiger charge is 2.09. The number of rotatable bonds is 6. The second-order valence-electron chi connectivity index (χ2n) is 4.55. The normalized spacial score (nSPS) is 10.2. The van der Waals surface area contributed by atoms with Crippen LogP contribution in [0.4, 0.5) is 0 Å². The molecular weight excluding hydrogens is 250 g/mol. The van der Waals surface area contributed by atoms with Gasteiger partial charge in [-0.3, -0.25) is 9.78 Å². The van der Waals surface area contributed by atoms with Gasteiger partial charge in [-0.2, -0.15) is 0 Å². The average Bonchev–Trinajstić information content (AvgIpc) is 2.52. The van der Waals surface area contributed by atoms with Crippen molar-refractivity contribution >= 4 is 5.91 Å². The molecule has 0 saturated carbocycles. The first kappa shape index (κ1) is 14.2. The molecule has 2 rings (SSSR count). The van der Waals surface area contributed by atoms with Crippen molar-refractivity contribution in [1.29, 1.82) is 0 Å². The molecule has 1 aromatic carbocycles. The van der Waals surface area contributed by atoms with Crippen LogP contribution in [0.15, 0.2) is 48.8 Å². The van der Waals surface area contributed by atoms with Gasteiger partial charge in [-0.25, -0.2) is 0 Å². The quantitative estimate of drug-likeness (QED) is 0.840. The van der Waals surface area contributed by atoms with Crippen LogP contribution in [0.3, 0.4) is 0 Å². The van der Waals surface area contributed by atoms with Gasteiger partial charge in [-0.1, -0.05) is 24.3 Å². The van der Waals surface area contributed by atoms with Crippen LogP contribution in [-0.2, 0) is 13.0 Å². The summed E-state index contributed by atoms with van der Waals surface area (Å²) in [5, 5.41) is 6.03. The van der Waals surface area contributed by atoms with Gasteiger partial charge in [0.15, 0.2) is 0 Å². The molecule has 0 bridgehead atoms. The van der Waals surface area contributed by atoms with Gasteiger partial charge in [0.2, 0.25) is 0 Å². The summed E-state index contributed by atoms with van der Waals surface area (Å²) in [4.78, 5) is 16.3. The minimum absolute atomic E-state index is 0.0412. The van der Waals surface area contributed by atoms with Crippen LogP contribution in [0.2, 0.25) is 0 Å². The molecular formula is C16H19N3O. The number of aromatic nitrogens is 1. The Balaban J connectivity index is 2.01. The summed E-state index contributed by atoms with van der Waals surface area (Å²) >= 11 is 0. The summed E-state index contributed by atoms with van der Waals surface area (Å²) in [7, 11) is 1.91. The van der Waals surface area contributed by atoms with E-state index in [1.54, 1.807) is 12.4 Å². The molecule has 0 aliphatic heterocycles. The molecule has 1 heterocycles. The van der Waals surface area contributed by atoms with Crippen molar-refractivity contribution in [2.45, 2.75) is 13.0 Å². The molecule has 4 nitrogen and oxygen atoms in total. The van der Waals surface area contributed by atoms with Crippen LogP contribution in [0, 0.1) is 0 Å². The first-order valence-corrected chi connectivity index (χ1v) is 6.71. The Bertz CT molecular complexity index is 555. The lowest BCUT2D eigenvalue weighted by molar-refractivity contribution is 0.0950. The number of carbonyl (C=O) groups excluding carboxylic acids is 1. The van der Waals surface area contributed by atoms with Crippen molar-refractivity contribution < 1.29 is 4.79 Å². The molecule has 4 heteroatoms. The molecule has 0 saturated heterocycles. The Morgan fingerprint density at radius 3 is 2.80 bits per heavy atom. The van der Waals surface area contributed by atoms with Crippen LogP contribution >= 0.6 is 0 Å². The molecule has 0 radical (unpaired) electrons. The average molecular weight is 269 g/mol. The third-order valence-electron chi connectivity index (χ3n) is 3.08. The minimum atomic E-state index is -0.0412. The molecule has 0 atom stereocenters. The summed E-state index contributed by atoms with van der Waals surface area (Å²) in [5.74, 6) is -0.0412. The highest BCUT2D eigenvalue weighted by Crippen LogP contribution is 2.09. The van der Waals surface area contributed by atoms with Gasteiger partial charge in [0.05, 0.1) is 0 Å². The predicted molar refractivity (Wildman–Crippen MR) is 79.5 cm³/mol. The first-order valence-electron chi connectivity index (χ1n) is 6.71. The van der Waals surface area contributed by atoms with Crippen molar-refractivity contribution in [2.75, 3.05) is 13.6 Å². The predicted octanol–water partition coefficient (Wildman–Crippen LogP) is 1.77. The fourth-order valence-corrected chi connectivity index (χ4v) is 2.00. The lowest BCUT2D eigenvalue weighted by atomic mass is 10.0. The topological polar surface area (TPSA) is 54.0 Å². The highest BCUT2D eigenvalue weighted by atomic mass is 16.1. The summed E-state index contributed by atoms with van der Waals surface area (Å²) in [6.07, 6.45) is 4.32. The Hall–Kier alpha value is -2.20. The second kappa shape index (κ2) is 7.40. The van der Waals surface area contributed by atoms with E-state index in [0.29, 0.717) is 6.54 Å². The van der Waals surface area contributed by atoms with Crippen molar-refractivity contribution in [1.82, 2.24) is 15.6 Å². The van der Waals surface area contributed by atoms with Crippen molar-refractivity contribution in [3.63, 3.8) is 0 Å². The lowest BCUT2D eigenvalue weighted by Crippen LogP contribution is -2.24. The molecule has 104 valence electrons. The monoisotopic (exact) mass is 269 g/mol. The molecule has 0 fully saturated rings. The Labute approximate surface area is 119 Å². The number of nitrogens with zero attached hydrogens (tertiary/aromatic N) is 1. The van der Waals surface area contributed by atoms with Crippen LogP contribution in [0.25, 0.3) is 0 Å². The maximum Gasteiger partial charge on any atom is 0.251 e. The van der Waals surface area contributed by atoms with Gasteiger partial charge in [-0.05, 0) is 43.3 Å². The molecule has 1 aromatic heterocycles. The highest BCUT2D eigenvalue weighted by molar-refractivity contribution is 5.95. The van der Waals surface area contributed by atoms with Gasteiger partial charge in [-0.15, -0.1) is 0 Å². The third kappa shape index (κ3) is 3.90. The molecule has 2 aromatic rings. The standard InChI is InChI=1S/C16H19N3O/c1-17-10-8-14-6-2-3-7-15(14)16(20)19-12-13-5-4-9-18-11-13/h2-7,9,11,17H,8,10,12H2,1H3,(H,19,20). The molecule has 0 spiro atoms. The first-order chi connectivity index (χ1) is 9.81. The van der Waals surface area contributed by atoms with Gasteiger partial charge >= 0.3 is 0 Å². The number of hydrogen-bond acceptors (Lipinski definition) is 3. The van der Waals surface area contributed by atoms with Gasteiger partial charge < -0.3 is 10.6 Å². The zero-order chi connectivity index (χ0) is 14.2. The zero-order valence-electron chi connectivity index (χ0n) is 11.6. The Kier molecular flexibility index (Phi) is 5.26. The summed E-state index contributed by atoms with van der Waals surface area (Å²) in [6.45, 7) is 1.35. The number of amides is 1. The molecule has 20 heavy (non-hydrogen) atoms. The van der Waals surface area contributed by atoms with Gasteiger partial charge in [0, 0.05) is 24.5 Å². The minimum Gasteiger partial charge on any atom is -0.348 e. The Morgan fingerprint density at radius 2 is 2.05 bits per heavy atom. The third-order valence-corrected chi connectivity index (χ3v) is 3.08. The number of carbonyl (C=O) groups is 1. The van der Waals surface area contributed by atoms with E-state index in [1.807, 2.05) is 43.4 Å². The van der Waals surface area contributed by atoms with E-state index in [0.717, 1.165) is 29.7 Å². The van der Waals surface area contributed by atoms with Crippen LogP contribution in [-0.4, -0.2) is 24.5 Å². The van der Waals surface area contributed by atoms with Gasteiger partial charge in [0.25, 0.3) is 5.91 Å². The number of nitrogens with one attached hydrogen (secondary N) is 2. The van der Waals surface area contributed by atoms with E-state index in [-0.39, 0.29) is 5.91 Å². The maximum atomic E-state index is 12.3. The lowest BCUT2D eigenvalue weighted by Gasteiger charge is -2.10. The molecule has 0 unspecified atom stereocenters. The van der Waals surface area contributed by atoms with E-state index in [9.17, 15) is 4.79 Å². The van der Waals surface area contributed by atoms with Crippen LogP contribution in [0.1, 0.15) is 21.5 Å². The fourth-order valence-electron chi connectivity index (χ4n) is 2.00. The smallest absolute Gasteiger partial charge is 0.251 e. The van der Waals surface area contributed by atoms with E-state index in [1.165, 1.54) is 0 Å². The molecule has 0 aliphatic carbocycles. The van der Waals surface area contributed by atoms with Crippen molar-refractivity contribution in [3.8, 4) is 0 Å². The van der Waals surface area contributed by atoms with E-state index in [4.69, 9.17) is 0 Å². The van der Waals surface area contributed by atoms with E-state index in [2.05, 4.69) is 15.6 Å². The van der Waals surface area contributed by atoms with Crippen LogP contribution in [0.5, 0.6) is 0 Å². The van der Waals surface area contributed by atoms with Gasteiger partial charge in [0.1, 0.15) is 0 Å². The summed E-state index contributed by atoms with van der Waals surface area (Å²) in [6, 6.07) is 11.5. The largest absolute Gasteiger partial charge is 0.348 e. The van der Waals surface area contributed by atoms with E-state index >= 15 is 0 Å². The number of benzene rings is 1. The number of likely N-dealkylation sites (N-methyl/N-ethyl adjacent to an activating group) is 1. The SMILES string of the molecule is CNCCc1ccccc1C(=O)NCc1cccnc1. The van der Waals surface area contributed by atoms with Crippen molar-refractivity contribution in [2.24, 2.45) is 0 Å². The number of pyridine rings is 1. The Morgan fingerprint density at radius 1 is 1.20 bits per heavy atom.